The molecule has 0 saturated heterocycles. The second-order valence-corrected chi connectivity index (χ2v) is 6.25. The van der Waals surface area contributed by atoms with Crippen molar-refractivity contribution in [2.24, 2.45) is 11.1 Å². The van der Waals surface area contributed by atoms with Gasteiger partial charge in [-0.15, -0.1) is 11.3 Å². The van der Waals surface area contributed by atoms with Crippen LogP contribution in [0.1, 0.15) is 30.6 Å². The fraction of sp³-hybridized carbons (Fsp3) is 0.357. The van der Waals surface area contributed by atoms with Crippen LogP contribution < -0.4 is 5.73 Å². The quantitative estimate of drug-likeness (QED) is 0.918. The van der Waals surface area contributed by atoms with Gasteiger partial charge in [-0.2, -0.15) is 0 Å². The van der Waals surface area contributed by atoms with Crippen LogP contribution in [0, 0.1) is 17.0 Å². The normalized spacial score (nSPS) is 18.5. The van der Waals surface area contributed by atoms with Crippen molar-refractivity contribution in [3.63, 3.8) is 0 Å². The number of halogens is 2. The van der Waals surface area contributed by atoms with E-state index in [0.29, 0.717) is 27.8 Å². The number of primary amides is 1. The van der Waals surface area contributed by atoms with Crippen LogP contribution in [0.2, 0.25) is 0 Å². The predicted molar refractivity (Wildman–Crippen MR) is 71.0 cm³/mol. The molecule has 2 N–H and O–H groups in total. The Hall–Kier alpha value is -1.49. The second kappa shape index (κ2) is 4.00. The van der Waals surface area contributed by atoms with Gasteiger partial charge in [-0.05, 0) is 31.0 Å². The van der Waals surface area contributed by atoms with Crippen LogP contribution in [0.5, 0.6) is 0 Å². The minimum Gasteiger partial charge on any atom is -0.369 e. The molecular formula is C14H13F2NOS. The van der Waals surface area contributed by atoms with E-state index >= 15 is 0 Å². The fourth-order valence-electron chi connectivity index (χ4n) is 2.61. The lowest BCUT2D eigenvalue weighted by Crippen LogP contribution is -2.29. The minimum absolute atomic E-state index is 0.259. The standard InChI is InChI=1S/C14H13F2NOS/c1-7(14(4-5-14)13(17)18)12-11(16)9-3-2-8(15)6-10(9)19-12/h2-3,6-7H,4-5H2,1H3,(H2,17,18)/t7-/m0/s1. The molecular weight excluding hydrogens is 268 g/mol. The molecule has 1 heterocycles. The molecule has 1 atom stereocenters. The van der Waals surface area contributed by atoms with Gasteiger partial charge in [0.1, 0.15) is 11.6 Å². The van der Waals surface area contributed by atoms with Gasteiger partial charge in [-0.3, -0.25) is 4.79 Å². The highest BCUT2D eigenvalue weighted by atomic mass is 32.1. The van der Waals surface area contributed by atoms with E-state index in [1.807, 2.05) is 6.92 Å². The summed E-state index contributed by atoms with van der Waals surface area (Å²) in [6.07, 6.45) is 1.40. The molecule has 1 aromatic carbocycles. The van der Waals surface area contributed by atoms with Gasteiger partial charge >= 0.3 is 0 Å². The topological polar surface area (TPSA) is 43.1 Å². The molecule has 1 aliphatic carbocycles. The molecule has 2 aromatic rings. The Balaban J connectivity index is 2.11. The average Bonchev–Trinajstić information content (AvgIpc) is 3.10. The maximum Gasteiger partial charge on any atom is 0.224 e. The van der Waals surface area contributed by atoms with Crippen LogP contribution in [0.4, 0.5) is 8.78 Å². The largest absolute Gasteiger partial charge is 0.369 e. The first-order valence-corrected chi connectivity index (χ1v) is 6.95. The molecule has 19 heavy (non-hydrogen) atoms. The molecule has 0 bridgehead atoms. The van der Waals surface area contributed by atoms with Crippen molar-refractivity contribution >= 4 is 27.3 Å². The summed E-state index contributed by atoms with van der Waals surface area (Å²) in [5, 5.41) is 0.411. The van der Waals surface area contributed by atoms with E-state index < -0.39 is 5.41 Å². The first kappa shape index (κ1) is 12.5. The molecule has 1 fully saturated rings. The van der Waals surface area contributed by atoms with Crippen LogP contribution in [0.15, 0.2) is 18.2 Å². The molecule has 5 heteroatoms. The van der Waals surface area contributed by atoms with Crippen molar-refractivity contribution in [2.45, 2.75) is 25.7 Å². The van der Waals surface area contributed by atoms with Crippen molar-refractivity contribution < 1.29 is 13.6 Å². The summed E-state index contributed by atoms with van der Waals surface area (Å²) in [5.41, 5.74) is 4.81. The van der Waals surface area contributed by atoms with Gasteiger partial charge in [-0.1, -0.05) is 6.92 Å². The Kier molecular flexibility index (Phi) is 2.64. The summed E-state index contributed by atoms with van der Waals surface area (Å²) in [6.45, 7) is 1.82. The molecule has 0 aliphatic heterocycles. The third-order valence-corrected chi connectivity index (χ3v) is 5.43. The molecule has 0 unspecified atom stereocenters. The Morgan fingerprint density at radius 3 is 2.68 bits per heavy atom. The maximum absolute atomic E-state index is 14.4. The number of benzene rings is 1. The number of thiophene rings is 1. The number of hydrogen-bond donors (Lipinski definition) is 1. The van der Waals surface area contributed by atoms with Crippen LogP contribution in [-0.2, 0) is 4.79 Å². The highest BCUT2D eigenvalue weighted by molar-refractivity contribution is 7.19. The summed E-state index contributed by atoms with van der Waals surface area (Å²) in [4.78, 5) is 12.0. The van der Waals surface area contributed by atoms with E-state index in [4.69, 9.17) is 5.73 Å². The monoisotopic (exact) mass is 281 g/mol. The number of fused-ring (bicyclic) bond motifs is 1. The highest BCUT2D eigenvalue weighted by Gasteiger charge is 2.54. The van der Waals surface area contributed by atoms with Crippen LogP contribution in [-0.4, -0.2) is 5.91 Å². The van der Waals surface area contributed by atoms with Crippen LogP contribution in [0.25, 0.3) is 10.1 Å². The number of carbonyl (C=O) groups excluding carboxylic acids is 1. The van der Waals surface area contributed by atoms with Gasteiger partial charge in [-0.25, -0.2) is 8.78 Å². The van der Waals surface area contributed by atoms with Crippen LogP contribution in [0.3, 0.4) is 0 Å². The first-order chi connectivity index (χ1) is 8.95. The smallest absolute Gasteiger partial charge is 0.224 e. The van der Waals surface area contributed by atoms with Gasteiger partial charge in [0.25, 0.3) is 0 Å². The molecule has 1 aromatic heterocycles. The molecule has 100 valence electrons. The van der Waals surface area contributed by atoms with E-state index in [1.165, 1.54) is 29.5 Å². The zero-order valence-electron chi connectivity index (χ0n) is 10.4. The lowest BCUT2D eigenvalue weighted by atomic mass is 9.88. The lowest BCUT2D eigenvalue weighted by Gasteiger charge is -2.18. The van der Waals surface area contributed by atoms with Crippen molar-refractivity contribution in [3.05, 3.63) is 34.7 Å². The summed E-state index contributed by atoms with van der Waals surface area (Å²) in [7, 11) is 0. The maximum atomic E-state index is 14.4. The molecule has 1 aliphatic rings. The van der Waals surface area contributed by atoms with Gasteiger partial charge in [0.2, 0.25) is 5.91 Å². The SMILES string of the molecule is C[C@@H](c1sc2cc(F)ccc2c1F)C1(C(N)=O)CC1. The highest BCUT2D eigenvalue weighted by Crippen LogP contribution is 2.57. The number of amides is 1. The van der Waals surface area contributed by atoms with Gasteiger partial charge in [0.05, 0.1) is 5.41 Å². The van der Waals surface area contributed by atoms with E-state index in [0.717, 1.165) is 0 Å². The van der Waals surface area contributed by atoms with E-state index in [-0.39, 0.29) is 23.5 Å². The van der Waals surface area contributed by atoms with E-state index in [1.54, 1.807) is 0 Å². The number of rotatable bonds is 3. The number of nitrogens with two attached hydrogens (primary N) is 1. The van der Waals surface area contributed by atoms with Crippen molar-refractivity contribution in [3.8, 4) is 0 Å². The average molecular weight is 281 g/mol. The van der Waals surface area contributed by atoms with E-state index in [9.17, 15) is 13.6 Å². The molecule has 3 rings (SSSR count). The van der Waals surface area contributed by atoms with Crippen LogP contribution >= 0.6 is 11.3 Å². The third kappa shape index (κ3) is 1.75. The molecule has 1 amide bonds. The number of carbonyl (C=O) groups is 1. The summed E-state index contributed by atoms with van der Waals surface area (Å²) in [5.74, 6) is -1.36. The van der Waals surface area contributed by atoms with Crippen molar-refractivity contribution in [1.82, 2.24) is 0 Å². The fourth-order valence-corrected chi connectivity index (χ4v) is 3.89. The Bertz CT molecular complexity index is 675. The zero-order chi connectivity index (χ0) is 13.8. The minimum atomic E-state index is -0.611. The van der Waals surface area contributed by atoms with E-state index in [2.05, 4.69) is 0 Å². The molecule has 1 saturated carbocycles. The molecule has 2 nitrogen and oxygen atoms in total. The lowest BCUT2D eigenvalue weighted by molar-refractivity contribution is -0.123. The summed E-state index contributed by atoms with van der Waals surface area (Å²) < 4.78 is 28.1. The van der Waals surface area contributed by atoms with Gasteiger partial charge in [0, 0.05) is 20.9 Å². The Morgan fingerprint density at radius 2 is 2.11 bits per heavy atom. The Labute approximate surface area is 113 Å². The predicted octanol–water partition coefficient (Wildman–Crippen LogP) is 3.55. The zero-order valence-corrected chi connectivity index (χ0v) is 11.2. The van der Waals surface area contributed by atoms with Crippen molar-refractivity contribution in [2.75, 3.05) is 0 Å². The summed E-state index contributed by atoms with van der Waals surface area (Å²) in [6, 6.07) is 4.01. The summed E-state index contributed by atoms with van der Waals surface area (Å²) >= 11 is 1.21. The van der Waals surface area contributed by atoms with Gasteiger partial charge < -0.3 is 5.73 Å². The van der Waals surface area contributed by atoms with Crippen molar-refractivity contribution in [1.29, 1.82) is 0 Å². The first-order valence-electron chi connectivity index (χ1n) is 6.13. The van der Waals surface area contributed by atoms with Gasteiger partial charge in [0.15, 0.2) is 0 Å². The number of hydrogen-bond acceptors (Lipinski definition) is 2. The molecule has 0 spiro atoms. The third-order valence-electron chi connectivity index (χ3n) is 4.12. The molecule has 0 radical (unpaired) electrons. The Morgan fingerprint density at radius 1 is 1.42 bits per heavy atom. The second-order valence-electron chi connectivity index (χ2n) is 5.16.